The van der Waals surface area contributed by atoms with E-state index in [1.54, 1.807) is 0 Å². The maximum atomic E-state index is 12.9. The number of benzene rings is 1. The van der Waals surface area contributed by atoms with E-state index in [1.165, 1.54) is 12.1 Å². The number of hydrogen-bond acceptors (Lipinski definition) is 3. The molecule has 1 aromatic carbocycles. The number of hydrogen-bond donors (Lipinski definition) is 2. The van der Waals surface area contributed by atoms with Crippen molar-refractivity contribution >= 4 is 5.91 Å². The van der Waals surface area contributed by atoms with Gasteiger partial charge in [-0.3, -0.25) is 4.79 Å². The van der Waals surface area contributed by atoms with Gasteiger partial charge in [0.1, 0.15) is 11.6 Å². The zero-order valence-electron chi connectivity index (χ0n) is 13.1. The van der Waals surface area contributed by atoms with Crippen LogP contribution in [0.1, 0.15) is 26.3 Å². The molecule has 0 atom stereocenters. The Morgan fingerprint density at radius 1 is 1.41 bits per heavy atom. The predicted molar refractivity (Wildman–Crippen MR) is 83.6 cm³/mol. The van der Waals surface area contributed by atoms with Crippen molar-refractivity contribution in [1.82, 2.24) is 10.2 Å². The van der Waals surface area contributed by atoms with Gasteiger partial charge in [0, 0.05) is 35.6 Å². The second-order valence-corrected chi connectivity index (χ2v) is 6.30. The molecule has 4 nitrogen and oxygen atoms in total. The number of rotatable bonds is 3. The first-order chi connectivity index (χ1) is 10.3. The van der Waals surface area contributed by atoms with Gasteiger partial charge in [0.15, 0.2) is 0 Å². The van der Waals surface area contributed by atoms with Gasteiger partial charge in [0.2, 0.25) is 5.91 Å². The molecule has 0 fully saturated rings. The van der Waals surface area contributed by atoms with Crippen molar-refractivity contribution in [2.45, 2.75) is 32.7 Å². The van der Waals surface area contributed by atoms with E-state index in [1.807, 2.05) is 18.4 Å². The maximum absolute atomic E-state index is 12.9. The minimum Gasteiger partial charge on any atom is -0.508 e. The number of nitrogens with zero attached hydrogens (tertiary/aromatic N) is 1. The summed E-state index contributed by atoms with van der Waals surface area (Å²) in [6.07, 6.45) is 5.73. The largest absolute Gasteiger partial charge is 0.508 e. The van der Waals surface area contributed by atoms with E-state index >= 15 is 0 Å². The van der Waals surface area contributed by atoms with Crippen LogP contribution in [0.5, 0.6) is 5.75 Å². The molecule has 1 amide bonds. The van der Waals surface area contributed by atoms with Crippen molar-refractivity contribution in [2.75, 3.05) is 6.54 Å². The van der Waals surface area contributed by atoms with Crippen LogP contribution in [0.3, 0.4) is 0 Å². The lowest BCUT2D eigenvalue weighted by Crippen LogP contribution is -2.39. The third kappa shape index (κ3) is 4.10. The summed E-state index contributed by atoms with van der Waals surface area (Å²) < 4.78 is 12.9. The normalized spacial score (nSPS) is 14.7. The van der Waals surface area contributed by atoms with E-state index in [2.05, 4.69) is 31.0 Å². The fraction of sp³-hybridized carbons (Fsp3) is 0.353. The smallest absolute Gasteiger partial charge is 0.228 e. The third-order valence-electron chi connectivity index (χ3n) is 3.49. The molecule has 0 aromatic heterocycles. The van der Waals surface area contributed by atoms with E-state index < -0.39 is 5.82 Å². The van der Waals surface area contributed by atoms with Gasteiger partial charge in [-0.05, 0) is 39.0 Å². The fourth-order valence-corrected chi connectivity index (χ4v) is 2.15. The first-order valence-corrected chi connectivity index (χ1v) is 7.18. The van der Waals surface area contributed by atoms with Crippen LogP contribution in [0.25, 0.3) is 0 Å². The van der Waals surface area contributed by atoms with E-state index in [0.717, 1.165) is 18.3 Å². The molecule has 0 bridgehead atoms. The highest BCUT2D eigenvalue weighted by Gasteiger charge is 2.19. The van der Waals surface area contributed by atoms with Crippen LogP contribution in [0.4, 0.5) is 4.39 Å². The Hall–Kier alpha value is -2.30. The number of amides is 1. The number of carbonyl (C=O) groups is 1. The molecule has 1 aliphatic rings. The predicted octanol–water partition coefficient (Wildman–Crippen LogP) is 2.70. The number of aromatic hydroxyl groups is 1. The zero-order valence-corrected chi connectivity index (χ0v) is 13.1. The number of nitrogens with one attached hydrogen (secondary N) is 1. The molecule has 2 N–H and O–H groups in total. The lowest BCUT2D eigenvalue weighted by molar-refractivity contribution is -0.119. The molecule has 1 aromatic rings. The Labute approximate surface area is 129 Å². The summed E-state index contributed by atoms with van der Waals surface area (Å²) in [6.45, 7) is 7.07. The quantitative estimate of drug-likeness (QED) is 0.903. The highest BCUT2D eigenvalue weighted by atomic mass is 19.1. The Balaban J connectivity index is 1.94. The van der Waals surface area contributed by atoms with Gasteiger partial charge in [0.25, 0.3) is 0 Å². The van der Waals surface area contributed by atoms with Gasteiger partial charge >= 0.3 is 0 Å². The lowest BCUT2D eigenvalue weighted by atomic mass is 10.1. The lowest BCUT2D eigenvalue weighted by Gasteiger charge is -2.35. The Kier molecular flexibility index (Phi) is 4.54. The molecule has 0 unspecified atom stereocenters. The molecule has 0 spiro atoms. The van der Waals surface area contributed by atoms with Gasteiger partial charge in [-0.15, -0.1) is 0 Å². The second kappa shape index (κ2) is 6.22. The minimum absolute atomic E-state index is 0.000276. The summed E-state index contributed by atoms with van der Waals surface area (Å²) in [6, 6.07) is 3.64. The Morgan fingerprint density at radius 3 is 2.68 bits per heavy atom. The molecule has 0 aliphatic carbocycles. The highest BCUT2D eigenvalue weighted by molar-refractivity contribution is 5.81. The SMILES string of the molecule is CC(C)(C)N1C=CC(NC(=O)Cc2ccc(F)cc2O)=CC1. The highest BCUT2D eigenvalue weighted by Crippen LogP contribution is 2.19. The van der Waals surface area contributed by atoms with Gasteiger partial charge in [-0.25, -0.2) is 4.39 Å². The van der Waals surface area contributed by atoms with Gasteiger partial charge < -0.3 is 15.3 Å². The summed E-state index contributed by atoms with van der Waals surface area (Å²) in [5.74, 6) is -0.980. The van der Waals surface area contributed by atoms with Gasteiger partial charge in [-0.1, -0.05) is 6.07 Å². The molecule has 0 saturated heterocycles. The van der Waals surface area contributed by atoms with E-state index in [0.29, 0.717) is 5.56 Å². The van der Waals surface area contributed by atoms with Crippen molar-refractivity contribution in [3.05, 3.63) is 53.6 Å². The second-order valence-electron chi connectivity index (χ2n) is 6.30. The molecule has 1 aliphatic heterocycles. The summed E-state index contributed by atoms with van der Waals surface area (Å²) >= 11 is 0. The van der Waals surface area contributed by atoms with Crippen LogP contribution in [-0.2, 0) is 11.2 Å². The van der Waals surface area contributed by atoms with Crippen LogP contribution >= 0.6 is 0 Å². The summed E-state index contributed by atoms with van der Waals surface area (Å²) in [4.78, 5) is 14.2. The molecule has 0 radical (unpaired) electrons. The van der Waals surface area contributed by atoms with E-state index in [-0.39, 0.29) is 23.6 Å². The van der Waals surface area contributed by atoms with Crippen LogP contribution < -0.4 is 5.32 Å². The molecule has 0 saturated carbocycles. The molecule has 118 valence electrons. The third-order valence-corrected chi connectivity index (χ3v) is 3.49. The summed E-state index contributed by atoms with van der Waals surface area (Å²) in [5.41, 5.74) is 1.16. The number of halogens is 1. The van der Waals surface area contributed by atoms with Crippen molar-refractivity contribution in [2.24, 2.45) is 0 Å². The van der Waals surface area contributed by atoms with Crippen molar-refractivity contribution in [3.63, 3.8) is 0 Å². The fourth-order valence-electron chi connectivity index (χ4n) is 2.15. The van der Waals surface area contributed by atoms with Crippen LogP contribution in [0.2, 0.25) is 0 Å². The molecular formula is C17H21FN2O2. The zero-order chi connectivity index (χ0) is 16.3. The maximum Gasteiger partial charge on any atom is 0.228 e. The molecular weight excluding hydrogens is 283 g/mol. The van der Waals surface area contributed by atoms with E-state index in [9.17, 15) is 14.3 Å². The van der Waals surface area contributed by atoms with Crippen LogP contribution in [0.15, 0.2) is 42.2 Å². The molecule has 5 heteroatoms. The molecule has 2 rings (SSSR count). The topological polar surface area (TPSA) is 52.6 Å². The van der Waals surface area contributed by atoms with Crippen molar-refractivity contribution in [1.29, 1.82) is 0 Å². The van der Waals surface area contributed by atoms with Gasteiger partial charge in [0.05, 0.1) is 6.42 Å². The van der Waals surface area contributed by atoms with Crippen molar-refractivity contribution in [3.8, 4) is 5.75 Å². The average molecular weight is 304 g/mol. The first kappa shape index (κ1) is 16.1. The number of allylic oxidation sites excluding steroid dienone is 1. The van der Waals surface area contributed by atoms with Crippen LogP contribution in [0, 0.1) is 5.82 Å². The average Bonchev–Trinajstić information content (AvgIpc) is 2.41. The number of carbonyl (C=O) groups excluding carboxylic acids is 1. The number of phenols is 1. The van der Waals surface area contributed by atoms with Crippen molar-refractivity contribution < 1.29 is 14.3 Å². The first-order valence-electron chi connectivity index (χ1n) is 7.18. The summed E-state index contributed by atoms with van der Waals surface area (Å²) in [5, 5.41) is 12.4. The molecule has 22 heavy (non-hydrogen) atoms. The Bertz CT molecular complexity index is 630. The van der Waals surface area contributed by atoms with Gasteiger partial charge in [-0.2, -0.15) is 0 Å². The number of phenolic OH excluding ortho intramolecular Hbond substituents is 1. The minimum atomic E-state index is -0.526. The van der Waals surface area contributed by atoms with Crippen LogP contribution in [-0.4, -0.2) is 28.0 Å². The standard InChI is InChI=1S/C17H21FN2O2/c1-17(2,3)20-8-6-14(7-9-20)19-16(22)10-12-4-5-13(18)11-15(12)21/h4-8,11,21H,9-10H2,1-3H3,(H,19,22). The van der Waals surface area contributed by atoms with E-state index in [4.69, 9.17) is 0 Å². The monoisotopic (exact) mass is 304 g/mol. The summed E-state index contributed by atoms with van der Waals surface area (Å²) in [7, 11) is 0. The Morgan fingerprint density at radius 2 is 2.14 bits per heavy atom. The molecule has 1 heterocycles.